The molecule has 1 saturated carbocycles. The van der Waals surface area contributed by atoms with Crippen LogP contribution in [0.1, 0.15) is 23.2 Å². The van der Waals surface area contributed by atoms with Gasteiger partial charge in [-0.2, -0.15) is 4.98 Å². The van der Waals surface area contributed by atoms with Gasteiger partial charge in [0.05, 0.1) is 24.4 Å². The lowest BCUT2D eigenvalue weighted by Gasteiger charge is -2.28. The number of ether oxygens (including phenoxy) is 1. The van der Waals surface area contributed by atoms with Crippen molar-refractivity contribution in [1.29, 1.82) is 0 Å². The normalized spacial score (nSPS) is 16.8. The molecule has 1 saturated heterocycles. The average molecular weight is 390 g/mol. The number of hydrogen-bond donors (Lipinski definition) is 2. The number of aromatic nitrogens is 3. The number of nitrogens with one attached hydrogen (secondary N) is 1. The fourth-order valence-corrected chi connectivity index (χ4v) is 3.46. The number of anilines is 2. The lowest BCUT2D eigenvalue weighted by molar-refractivity contribution is 0.0951. The minimum absolute atomic E-state index is 0.0241. The fourth-order valence-electron chi connectivity index (χ4n) is 3.46. The standard InChI is InChI=1S/C21H22N6O2/c22-21-25-17-8-7-16(24-18(17)19(26-21)27-9-11-29-12-10-27)13-1-3-14(4-2-13)20(28)23-15-5-6-15/h1-4,7-8,15H,5-6,9-12H2,(H,23,28)(H2,22,25,26). The predicted octanol–water partition coefficient (Wildman–Crippen LogP) is 2.00. The minimum atomic E-state index is -0.0241. The van der Waals surface area contributed by atoms with Crippen LogP contribution in [0, 0.1) is 0 Å². The zero-order valence-electron chi connectivity index (χ0n) is 16.0. The van der Waals surface area contributed by atoms with Crippen LogP contribution in [-0.4, -0.2) is 53.2 Å². The van der Waals surface area contributed by atoms with Gasteiger partial charge in [-0.1, -0.05) is 12.1 Å². The third-order valence-electron chi connectivity index (χ3n) is 5.21. The van der Waals surface area contributed by atoms with E-state index in [4.69, 9.17) is 15.5 Å². The molecule has 3 N–H and O–H groups in total. The smallest absolute Gasteiger partial charge is 0.251 e. The molecule has 8 nitrogen and oxygen atoms in total. The number of amides is 1. The lowest BCUT2D eigenvalue weighted by Crippen LogP contribution is -2.37. The van der Waals surface area contributed by atoms with Crippen molar-refractivity contribution >= 4 is 28.7 Å². The highest BCUT2D eigenvalue weighted by Gasteiger charge is 2.24. The molecule has 0 spiro atoms. The van der Waals surface area contributed by atoms with Crippen LogP contribution in [-0.2, 0) is 4.74 Å². The first-order valence-corrected chi connectivity index (χ1v) is 9.86. The van der Waals surface area contributed by atoms with Gasteiger partial charge in [-0.15, -0.1) is 0 Å². The number of fused-ring (bicyclic) bond motifs is 1. The lowest BCUT2D eigenvalue weighted by atomic mass is 10.1. The van der Waals surface area contributed by atoms with E-state index in [1.54, 1.807) is 0 Å². The SMILES string of the molecule is Nc1nc(N2CCOCC2)c2nc(-c3ccc(C(=O)NC4CC4)cc3)ccc2n1. The van der Waals surface area contributed by atoms with Gasteiger partial charge in [0.2, 0.25) is 5.95 Å². The Hall–Kier alpha value is -3.26. The molecule has 148 valence electrons. The Morgan fingerprint density at radius 3 is 2.52 bits per heavy atom. The number of benzene rings is 1. The van der Waals surface area contributed by atoms with Gasteiger partial charge in [-0.25, -0.2) is 9.97 Å². The molecule has 1 aliphatic carbocycles. The molecule has 1 aromatic carbocycles. The van der Waals surface area contributed by atoms with Crippen LogP contribution in [0.25, 0.3) is 22.3 Å². The van der Waals surface area contributed by atoms with Crippen molar-refractivity contribution in [2.24, 2.45) is 0 Å². The highest BCUT2D eigenvalue weighted by Crippen LogP contribution is 2.27. The van der Waals surface area contributed by atoms with Gasteiger partial charge in [-0.3, -0.25) is 4.79 Å². The minimum Gasteiger partial charge on any atom is -0.378 e. The van der Waals surface area contributed by atoms with Crippen LogP contribution in [0.2, 0.25) is 0 Å². The van der Waals surface area contributed by atoms with Crippen molar-refractivity contribution in [3.05, 3.63) is 42.0 Å². The first-order valence-electron chi connectivity index (χ1n) is 9.86. The number of morpholine rings is 1. The van der Waals surface area contributed by atoms with Crippen LogP contribution >= 0.6 is 0 Å². The van der Waals surface area contributed by atoms with E-state index in [1.165, 1.54) is 0 Å². The largest absolute Gasteiger partial charge is 0.378 e. The van der Waals surface area contributed by atoms with Crippen molar-refractivity contribution in [3.63, 3.8) is 0 Å². The maximum absolute atomic E-state index is 12.2. The van der Waals surface area contributed by atoms with Crippen molar-refractivity contribution < 1.29 is 9.53 Å². The van der Waals surface area contributed by atoms with E-state index in [0.717, 1.165) is 43.0 Å². The summed E-state index contributed by atoms with van der Waals surface area (Å²) in [4.78, 5) is 27.9. The van der Waals surface area contributed by atoms with Crippen LogP contribution in [0.4, 0.5) is 11.8 Å². The first-order chi connectivity index (χ1) is 14.2. The van der Waals surface area contributed by atoms with Crippen LogP contribution in [0.3, 0.4) is 0 Å². The number of pyridine rings is 1. The Kier molecular flexibility index (Phi) is 4.48. The van der Waals surface area contributed by atoms with Gasteiger partial charge >= 0.3 is 0 Å². The molecule has 3 heterocycles. The van der Waals surface area contributed by atoms with E-state index < -0.39 is 0 Å². The second kappa shape index (κ2) is 7.29. The molecular weight excluding hydrogens is 368 g/mol. The van der Waals surface area contributed by atoms with Crippen LogP contribution in [0.5, 0.6) is 0 Å². The third-order valence-corrected chi connectivity index (χ3v) is 5.21. The molecule has 2 fully saturated rings. The number of carbonyl (C=O) groups is 1. The second-order valence-corrected chi connectivity index (χ2v) is 7.39. The first kappa shape index (κ1) is 17.8. The Balaban J connectivity index is 1.48. The summed E-state index contributed by atoms with van der Waals surface area (Å²) in [5.74, 6) is 0.946. The molecule has 1 amide bonds. The molecule has 0 atom stereocenters. The van der Waals surface area contributed by atoms with E-state index in [0.29, 0.717) is 35.9 Å². The summed E-state index contributed by atoms with van der Waals surface area (Å²) in [5.41, 5.74) is 9.74. The Morgan fingerprint density at radius 2 is 1.79 bits per heavy atom. The molecule has 0 radical (unpaired) electrons. The summed E-state index contributed by atoms with van der Waals surface area (Å²) in [6, 6.07) is 11.7. The quantitative estimate of drug-likeness (QED) is 0.702. The predicted molar refractivity (Wildman–Crippen MR) is 111 cm³/mol. The number of rotatable bonds is 4. The molecule has 8 heteroatoms. The highest BCUT2D eigenvalue weighted by molar-refractivity contribution is 5.95. The molecular formula is C21H22N6O2. The highest BCUT2D eigenvalue weighted by atomic mass is 16.5. The molecule has 0 unspecified atom stereocenters. The summed E-state index contributed by atoms with van der Waals surface area (Å²) < 4.78 is 5.45. The topological polar surface area (TPSA) is 106 Å². The number of nitrogens with zero attached hydrogens (tertiary/aromatic N) is 4. The van der Waals surface area contributed by atoms with Gasteiger partial charge < -0.3 is 20.7 Å². The van der Waals surface area contributed by atoms with E-state index in [2.05, 4.69) is 20.2 Å². The van der Waals surface area contributed by atoms with Gasteiger partial charge in [0, 0.05) is 30.3 Å². The summed E-state index contributed by atoms with van der Waals surface area (Å²) in [6.07, 6.45) is 2.14. The maximum atomic E-state index is 12.2. The number of hydrogen-bond acceptors (Lipinski definition) is 7. The Bertz CT molecular complexity index is 1060. The van der Waals surface area contributed by atoms with E-state index in [-0.39, 0.29) is 11.9 Å². The maximum Gasteiger partial charge on any atom is 0.251 e. The van der Waals surface area contributed by atoms with Gasteiger partial charge in [0.1, 0.15) is 5.52 Å². The van der Waals surface area contributed by atoms with Gasteiger partial charge in [0.25, 0.3) is 5.91 Å². The molecule has 0 bridgehead atoms. The summed E-state index contributed by atoms with van der Waals surface area (Å²) in [7, 11) is 0. The second-order valence-electron chi connectivity index (χ2n) is 7.39. The number of nitrogens with two attached hydrogens (primary N) is 1. The zero-order chi connectivity index (χ0) is 19.8. The number of nitrogen functional groups attached to an aromatic ring is 1. The van der Waals surface area contributed by atoms with E-state index >= 15 is 0 Å². The molecule has 5 rings (SSSR count). The summed E-state index contributed by atoms with van der Waals surface area (Å²) in [6.45, 7) is 2.77. The molecule has 3 aromatic rings. The summed E-state index contributed by atoms with van der Waals surface area (Å²) >= 11 is 0. The van der Waals surface area contributed by atoms with Crippen LogP contribution in [0.15, 0.2) is 36.4 Å². The van der Waals surface area contributed by atoms with Gasteiger partial charge in [-0.05, 0) is 37.1 Å². The Morgan fingerprint density at radius 1 is 1.03 bits per heavy atom. The van der Waals surface area contributed by atoms with E-state index in [1.807, 2.05) is 36.4 Å². The molecule has 2 aliphatic rings. The third kappa shape index (κ3) is 3.71. The van der Waals surface area contributed by atoms with Crippen molar-refractivity contribution in [1.82, 2.24) is 20.3 Å². The molecule has 29 heavy (non-hydrogen) atoms. The summed E-state index contributed by atoms with van der Waals surface area (Å²) in [5, 5.41) is 3.00. The van der Waals surface area contributed by atoms with Crippen LogP contribution < -0.4 is 16.0 Å². The molecule has 2 aromatic heterocycles. The average Bonchev–Trinajstić information content (AvgIpc) is 3.57. The van der Waals surface area contributed by atoms with Gasteiger partial charge in [0.15, 0.2) is 5.82 Å². The molecule has 1 aliphatic heterocycles. The number of carbonyl (C=O) groups excluding carboxylic acids is 1. The Labute approximate surface area is 168 Å². The van der Waals surface area contributed by atoms with Crippen molar-refractivity contribution in [2.75, 3.05) is 36.9 Å². The fraction of sp³-hybridized carbons (Fsp3) is 0.333. The monoisotopic (exact) mass is 390 g/mol. The van der Waals surface area contributed by atoms with Crippen molar-refractivity contribution in [2.45, 2.75) is 18.9 Å². The van der Waals surface area contributed by atoms with E-state index in [9.17, 15) is 4.79 Å². The van der Waals surface area contributed by atoms with Crippen molar-refractivity contribution in [3.8, 4) is 11.3 Å². The zero-order valence-corrected chi connectivity index (χ0v) is 16.0.